The fourth-order valence-corrected chi connectivity index (χ4v) is 11.3. The Balaban J connectivity index is 1.23. The van der Waals surface area contributed by atoms with Gasteiger partial charge in [-0.15, -0.1) is 0 Å². The number of benzene rings is 6. The zero-order valence-electron chi connectivity index (χ0n) is 44.9. The van der Waals surface area contributed by atoms with Gasteiger partial charge in [0.1, 0.15) is 11.5 Å². The molecule has 2 aliphatic rings. The molecule has 0 atom stereocenters. The summed E-state index contributed by atoms with van der Waals surface area (Å²) < 4.78 is 0. The molecular formula is C64H80N2O2. The van der Waals surface area contributed by atoms with Crippen molar-refractivity contribution in [2.45, 2.75) is 156 Å². The molecule has 0 amide bonds. The summed E-state index contributed by atoms with van der Waals surface area (Å²) in [6.45, 7) is 39.0. The van der Waals surface area contributed by atoms with E-state index in [2.05, 4.69) is 232 Å². The summed E-state index contributed by atoms with van der Waals surface area (Å²) in [5.41, 5.74) is 19.9. The van der Waals surface area contributed by atoms with Crippen LogP contribution in [-0.2, 0) is 45.6 Å². The molecule has 2 N–H and O–H groups in total. The Morgan fingerprint density at radius 1 is 0.397 bits per heavy atom. The Hall–Kier alpha value is -5.16. The van der Waals surface area contributed by atoms with Crippen LogP contribution in [0.3, 0.4) is 0 Å². The minimum absolute atomic E-state index is 0.00687. The maximum atomic E-state index is 12.8. The summed E-state index contributed by atoms with van der Waals surface area (Å²) in [6, 6.07) is 36.8. The van der Waals surface area contributed by atoms with Gasteiger partial charge in [0.05, 0.1) is 0 Å². The highest BCUT2D eigenvalue weighted by Crippen LogP contribution is 2.58. The van der Waals surface area contributed by atoms with E-state index in [1.165, 1.54) is 66.8 Å². The van der Waals surface area contributed by atoms with Crippen LogP contribution in [0.4, 0.5) is 0 Å². The average Bonchev–Trinajstić information content (AvgIpc) is 3.65. The molecule has 4 nitrogen and oxygen atoms in total. The number of hydrogen-bond acceptors (Lipinski definition) is 4. The molecule has 6 aromatic rings. The molecule has 6 aromatic carbocycles. The van der Waals surface area contributed by atoms with E-state index in [1.807, 2.05) is 0 Å². The molecule has 4 heteroatoms. The van der Waals surface area contributed by atoms with Gasteiger partial charge in [0.15, 0.2) is 0 Å². The summed E-state index contributed by atoms with van der Waals surface area (Å²) in [4.78, 5) is 4.62. The second kappa shape index (κ2) is 16.8. The fourth-order valence-electron chi connectivity index (χ4n) is 11.3. The number of hydrogen-bond donors (Lipinski definition) is 2. The first-order valence-corrected chi connectivity index (χ1v) is 25.1. The van der Waals surface area contributed by atoms with E-state index < -0.39 is 10.8 Å². The van der Waals surface area contributed by atoms with Crippen LogP contribution in [0.2, 0.25) is 0 Å². The van der Waals surface area contributed by atoms with Crippen LogP contribution >= 0.6 is 0 Å². The lowest BCUT2D eigenvalue weighted by Gasteiger charge is -2.33. The van der Waals surface area contributed by atoms with Crippen molar-refractivity contribution in [1.29, 1.82) is 0 Å². The number of phenols is 2. The number of aryl methyl sites for hydroxylation is 2. The van der Waals surface area contributed by atoms with Crippen molar-refractivity contribution in [3.8, 4) is 33.8 Å². The van der Waals surface area contributed by atoms with Gasteiger partial charge in [0, 0.05) is 59.3 Å². The monoisotopic (exact) mass is 909 g/mol. The van der Waals surface area contributed by atoms with Gasteiger partial charge in [-0.3, -0.25) is 4.90 Å². The predicted octanol–water partition coefficient (Wildman–Crippen LogP) is 15.1. The quantitative estimate of drug-likeness (QED) is 0.152. The first kappa shape index (κ1) is 49.3. The molecule has 2 aliphatic carbocycles. The summed E-state index contributed by atoms with van der Waals surface area (Å²) in [5, 5.41) is 25.6. The van der Waals surface area contributed by atoms with Crippen molar-refractivity contribution in [3.63, 3.8) is 0 Å². The lowest BCUT2D eigenvalue weighted by molar-refractivity contribution is 0.221. The van der Waals surface area contributed by atoms with Crippen LogP contribution in [0.5, 0.6) is 11.5 Å². The first-order valence-electron chi connectivity index (χ1n) is 25.1. The van der Waals surface area contributed by atoms with Crippen LogP contribution in [0.25, 0.3) is 22.3 Å². The molecule has 8 rings (SSSR count). The topological polar surface area (TPSA) is 46.9 Å². The van der Waals surface area contributed by atoms with Gasteiger partial charge >= 0.3 is 0 Å². The summed E-state index contributed by atoms with van der Waals surface area (Å²) >= 11 is 0. The Labute approximate surface area is 410 Å². The number of nitrogens with zero attached hydrogens (tertiary/aromatic N) is 2. The molecule has 0 spiro atoms. The lowest BCUT2D eigenvalue weighted by atomic mass is 9.72. The van der Waals surface area contributed by atoms with Gasteiger partial charge in [0.25, 0.3) is 0 Å². The van der Waals surface area contributed by atoms with E-state index in [-0.39, 0.29) is 21.7 Å². The van der Waals surface area contributed by atoms with Crippen molar-refractivity contribution < 1.29 is 10.2 Å². The maximum absolute atomic E-state index is 12.8. The van der Waals surface area contributed by atoms with E-state index in [0.29, 0.717) is 24.6 Å². The van der Waals surface area contributed by atoms with Gasteiger partial charge in [0.2, 0.25) is 0 Å². The summed E-state index contributed by atoms with van der Waals surface area (Å²) in [7, 11) is 4.22. The van der Waals surface area contributed by atoms with Gasteiger partial charge in [-0.05, 0) is 130 Å². The molecule has 0 radical (unpaired) electrons. The number of likely N-dealkylation sites (N-methyl/N-ethyl adjacent to an activating group) is 1. The van der Waals surface area contributed by atoms with Gasteiger partial charge < -0.3 is 15.1 Å². The van der Waals surface area contributed by atoms with E-state index in [1.54, 1.807) is 0 Å². The molecule has 0 saturated heterocycles. The SMILES string of the molecule is Cc1cc(CN(CCN(C)C)Cc2cc(C)cc(C3(C)c4ccc(C(C)(C)C)cc4-c4cc(C(C)(C)C)ccc43)c2O)c(O)c(C2(C)c3ccc(C(C)(C)C)cc3-c3cc(C(C)(C)C)ccc32)c1. The van der Waals surface area contributed by atoms with Crippen molar-refractivity contribution in [3.05, 3.63) is 175 Å². The smallest absolute Gasteiger partial charge is 0.124 e. The first-order chi connectivity index (χ1) is 31.4. The zero-order valence-corrected chi connectivity index (χ0v) is 44.9. The van der Waals surface area contributed by atoms with Crippen LogP contribution in [0.1, 0.15) is 175 Å². The zero-order chi connectivity index (χ0) is 49.8. The Morgan fingerprint density at radius 3 is 0.926 bits per heavy atom. The summed E-state index contributed by atoms with van der Waals surface area (Å²) in [6.07, 6.45) is 0. The second-order valence-electron chi connectivity index (χ2n) is 25.4. The number of fused-ring (bicyclic) bond motifs is 6. The molecular weight excluding hydrogens is 829 g/mol. The molecule has 0 bridgehead atoms. The molecule has 0 fully saturated rings. The number of rotatable bonds is 9. The van der Waals surface area contributed by atoms with Gasteiger partial charge in [-0.1, -0.05) is 191 Å². The Morgan fingerprint density at radius 2 is 0.676 bits per heavy atom. The standard InChI is InChI=1S/C64H80N2O2/c1-39-29-41(57(67)55(31-39)63(15)51-23-19-43(59(3,4)5)33-47(51)48-34-44(60(6,7)8)20-24-52(48)63)37-66(28-27-65(17)18)38-42-30-40(2)32-56(58(42)68)64(16)53-25-21-45(61(9,10)11)35-49(53)50-36-46(62(12,13)14)22-26-54(50)64/h19-26,29-36,67-68H,27-28,37-38H2,1-18H3. The highest BCUT2D eigenvalue weighted by Gasteiger charge is 2.46. The second-order valence-corrected chi connectivity index (χ2v) is 25.4. The number of phenolic OH excluding ortho intramolecular Hbond substituents is 2. The largest absolute Gasteiger partial charge is 0.507 e. The van der Waals surface area contributed by atoms with E-state index in [0.717, 1.165) is 46.5 Å². The molecule has 0 saturated carbocycles. The van der Waals surface area contributed by atoms with E-state index in [9.17, 15) is 10.2 Å². The van der Waals surface area contributed by atoms with E-state index >= 15 is 0 Å². The Kier molecular flexibility index (Phi) is 12.1. The van der Waals surface area contributed by atoms with Gasteiger partial charge in [-0.25, -0.2) is 0 Å². The van der Waals surface area contributed by atoms with Crippen LogP contribution in [-0.4, -0.2) is 47.2 Å². The van der Waals surface area contributed by atoms with Crippen molar-refractivity contribution in [1.82, 2.24) is 9.80 Å². The number of aromatic hydroxyl groups is 2. The third kappa shape index (κ3) is 8.53. The highest BCUT2D eigenvalue weighted by atomic mass is 16.3. The Bertz CT molecular complexity index is 2620. The molecule has 358 valence electrons. The average molecular weight is 909 g/mol. The third-order valence-electron chi connectivity index (χ3n) is 15.7. The third-order valence-corrected chi connectivity index (χ3v) is 15.7. The summed E-state index contributed by atoms with van der Waals surface area (Å²) in [5.74, 6) is 0.688. The predicted molar refractivity (Wildman–Crippen MR) is 288 cm³/mol. The molecule has 0 aromatic heterocycles. The van der Waals surface area contributed by atoms with Crippen molar-refractivity contribution in [2.24, 2.45) is 0 Å². The fraction of sp³-hybridized carbons (Fsp3) is 0.438. The van der Waals surface area contributed by atoms with E-state index in [4.69, 9.17) is 0 Å². The lowest BCUT2D eigenvalue weighted by Crippen LogP contribution is -2.32. The molecule has 0 heterocycles. The molecule has 0 unspecified atom stereocenters. The molecule has 68 heavy (non-hydrogen) atoms. The van der Waals surface area contributed by atoms with Crippen molar-refractivity contribution >= 4 is 0 Å². The highest BCUT2D eigenvalue weighted by molar-refractivity contribution is 5.86. The van der Waals surface area contributed by atoms with Crippen molar-refractivity contribution in [2.75, 3.05) is 27.2 Å². The molecule has 0 aliphatic heterocycles. The minimum atomic E-state index is -0.578. The van der Waals surface area contributed by atoms with Gasteiger partial charge in [-0.2, -0.15) is 0 Å². The maximum Gasteiger partial charge on any atom is 0.124 e. The van der Waals surface area contributed by atoms with Crippen LogP contribution in [0, 0.1) is 13.8 Å². The van der Waals surface area contributed by atoms with Crippen LogP contribution in [0.15, 0.2) is 97.1 Å². The normalized spacial score (nSPS) is 15.2. The minimum Gasteiger partial charge on any atom is -0.507 e. The van der Waals surface area contributed by atoms with Crippen LogP contribution < -0.4 is 0 Å².